The second-order valence-corrected chi connectivity index (χ2v) is 4.68. The van der Waals surface area contributed by atoms with Crippen molar-refractivity contribution in [3.63, 3.8) is 0 Å². The van der Waals surface area contributed by atoms with Crippen LogP contribution in [0.4, 0.5) is 18.3 Å². The first kappa shape index (κ1) is 12.8. The van der Waals surface area contributed by atoms with E-state index in [0.717, 1.165) is 17.4 Å². The average Bonchev–Trinajstić information content (AvgIpc) is 2.74. The molecule has 2 aromatic rings. The van der Waals surface area contributed by atoms with Gasteiger partial charge in [0.2, 0.25) is 0 Å². The summed E-state index contributed by atoms with van der Waals surface area (Å²) in [6, 6.07) is 4.89. The van der Waals surface area contributed by atoms with E-state index in [1.807, 2.05) is 0 Å². The summed E-state index contributed by atoms with van der Waals surface area (Å²) in [5.41, 5.74) is 4.34. The Kier molecular flexibility index (Phi) is 3.27. The quantitative estimate of drug-likeness (QED) is 0.885. The number of benzene rings is 1. The van der Waals surface area contributed by atoms with Gasteiger partial charge in [-0.2, -0.15) is 13.2 Å². The highest BCUT2D eigenvalue weighted by molar-refractivity contribution is 7.15. The molecule has 0 fully saturated rings. The number of nitrogen functional groups attached to an aromatic ring is 1. The van der Waals surface area contributed by atoms with Crippen molar-refractivity contribution in [2.45, 2.75) is 12.3 Å². The van der Waals surface area contributed by atoms with Gasteiger partial charge in [-0.15, -0.1) is 0 Å². The maximum absolute atomic E-state index is 12.8. The SMILES string of the molecule is Nc1ncc([C@H](O)c2ccccc2C(F)(F)F)s1. The molecule has 0 radical (unpaired) electrons. The molecule has 0 spiro atoms. The first-order chi connectivity index (χ1) is 8.39. The molecule has 96 valence electrons. The standard InChI is InChI=1S/C11H9F3N2OS/c12-11(13,14)7-4-2-1-3-6(7)9(17)8-5-16-10(15)18-8/h1-5,9,17H,(H2,15,16)/t9-/m1/s1. The van der Waals surface area contributed by atoms with Gasteiger partial charge >= 0.3 is 6.18 Å². The zero-order chi connectivity index (χ0) is 13.3. The Morgan fingerprint density at radius 2 is 1.94 bits per heavy atom. The van der Waals surface area contributed by atoms with Crippen molar-refractivity contribution < 1.29 is 18.3 Å². The van der Waals surface area contributed by atoms with Crippen LogP contribution < -0.4 is 5.73 Å². The molecule has 18 heavy (non-hydrogen) atoms. The van der Waals surface area contributed by atoms with E-state index < -0.39 is 17.8 Å². The van der Waals surface area contributed by atoms with E-state index >= 15 is 0 Å². The highest BCUT2D eigenvalue weighted by atomic mass is 32.1. The largest absolute Gasteiger partial charge is 0.416 e. The molecule has 0 aliphatic heterocycles. The summed E-state index contributed by atoms with van der Waals surface area (Å²) in [6.07, 6.45) is -4.61. The highest BCUT2D eigenvalue weighted by Gasteiger charge is 2.35. The maximum Gasteiger partial charge on any atom is 0.416 e. The minimum Gasteiger partial charge on any atom is -0.383 e. The van der Waals surface area contributed by atoms with Crippen LogP contribution in [0.2, 0.25) is 0 Å². The summed E-state index contributed by atoms with van der Waals surface area (Å²) in [7, 11) is 0. The number of halogens is 3. The minimum absolute atomic E-state index is 0.200. The van der Waals surface area contributed by atoms with E-state index in [-0.39, 0.29) is 15.6 Å². The third-order valence-electron chi connectivity index (χ3n) is 2.37. The lowest BCUT2D eigenvalue weighted by Crippen LogP contribution is -2.12. The van der Waals surface area contributed by atoms with Crippen LogP contribution in [0.1, 0.15) is 22.1 Å². The second-order valence-electron chi connectivity index (χ2n) is 3.59. The van der Waals surface area contributed by atoms with E-state index in [1.165, 1.54) is 24.4 Å². The number of rotatable bonds is 2. The van der Waals surface area contributed by atoms with Crippen molar-refractivity contribution in [3.05, 3.63) is 46.5 Å². The van der Waals surface area contributed by atoms with E-state index in [1.54, 1.807) is 0 Å². The molecule has 1 aromatic heterocycles. The average molecular weight is 274 g/mol. The number of nitrogens with two attached hydrogens (primary N) is 1. The predicted octanol–water partition coefficient (Wildman–Crippen LogP) is 2.83. The fraction of sp³-hybridized carbons (Fsp3) is 0.182. The number of aliphatic hydroxyl groups is 1. The van der Waals surface area contributed by atoms with E-state index in [9.17, 15) is 18.3 Å². The van der Waals surface area contributed by atoms with Gasteiger partial charge in [0.05, 0.1) is 10.4 Å². The number of aliphatic hydroxyl groups excluding tert-OH is 1. The van der Waals surface area contributed by atoms with Gasteiger partial charge in [0, 0.05) is 6.20 Å². The number of aromatic nitrogens is 1. The molecule has 1 atom stereocenters. The molecular formula is C11H9F3N2OS. The van der Waals surface area contributed by atoms with Crippen LogP contribution in [0.5, 0.6) is 0 Å². The Hall–Kier alpha value is -1.60. The molecule has 0 aliphatic rings. The molecule has 1 aromatic carbocycles. The van der Waals surface area contributed by atoms with Gasteiger partial charge in [0.1, 0.15) is 6.10 Å². The van der Waals surface area contributed by atoms with Crippen LogP contribution >= 0.6 is 11.3 Å². The fourth-order valence-electron chi connectivity index (χ4n) is 1.57. The van der Waals surface area contributed by atoms with Gasteiger partial charge in [0.25, 0.3) is 0 Å². The number of thiazole rings is 1. The van der Waals surface area contributed by atoms with E-state index in [0.29, 0.717) is 0 Å². The Morgan fingerprint density at radius 3 is 2.50 bits per heavy atom. The summed E-state index contributed by atoms with van der Waals surface area (Å²) >= 11 is 0.959. The first-order valence-corrected chi connectivity index (χ1v) is 5.76. The van der Waals surface area contributed by atoms with Gasteiger partial charge in [-0.1, -0.05) is 29.5 Å². The smallest absolute Gasteiger partial charge is 0.383 e. The van der Waals surface area contributed by atoms with Crippen LogP contribution in [0, 0.1) is 0 Å². The van der Waals surface area contributed by atoms with Crippen molar-refractivity contribution in [3.8, 4) is 0 Å². The molecule has 3 N–H and O–H groups in total. The molecule has 0 unspecified atom stereocenters. The monoisotopic (exact) mass is 274 g/mol. The lowest BCUT2D eigenvalue weighted by molar-refractivity contribution is -0.138. The van der Waals surface area contributed by atoms with Gasteiger partial charge in [-0.25, -0.2) is 4.98 Å². The van der Waals surface area contributed by atoms with Crippen molar-refractivity contribution in [2.75, 3.05) is 5.73 Å². The second kappa shape index (κ2) is 4.58. The third-order valence-corrected chi connectivity index (χ3v) is 3.25. The van der Waals surface area contributed by atoms with Crippen molar-refractivity contribution in [1.29, 1.82) is 0 Å². The van der Waals surface area contributed by atoms with E-state index in [4.69, 9.17) is 5.73 Å². The van der Waals surface area contributed by atoms with Crippen LogP contribution in [0.15, 0.2) is 30.5 Å². The topological polar surface area (TPSA) is 59.1 Å². The summed E-state index contributed by atoms with van der Waals surface area (Å²) in [4.78, 5) is 3.99. The maximum atomic E-state index is 12.8. The van der Waals surface area contributed by atoms with Gasteiger partial charge in [-0.05, 0) is 11.6 Å². The molecule has 0 bridgehead atoms. The summed E-state index contributed by atoms with van der Waals surface area (Å²) in [5.74, 6) is 0. The van der Waals surface area contributed by atoms with E-state index in [2.05, 4.69) is 4.98 Å². The zero-order valence-corrected chi connectivity index (χ0v) is 9.79. The minimum atomic E-state index is -4.51. The molecule has 3 nitrogen and oxygen atoms in total. The third kappa shape index (κ3) is 2.46. The van der Waals surface area contributed by atoms with Gasteiger partial charge in [0.15, 0.2) is 5.13 Å². The summed E-state index contributed by atoms with van der Waals surface area (Å²) in [6.45, 7) is 0. The Morgan fingerprint density at radius 1 is 1.28 bits per heavy atom. The van der Waals surface area contributed by atoms with Crippen molar-refractivity contribution in [1.82, 2.24) is 4.98 Å². The zero-order valence-electron chi connectivity index (χ0n) is 8.98. The van der Waals surface area contributed by atoms with Crippen molar-refractivity contribution >= 4 is 16.5 Å². The fourth-order valence-corrected chi connectivity index (χ4v) is 2.26. The van der Waals surface area contributed by atoms with Crippen LogP contribution in [-0.4, -0.2) is 10.1 Å². The molecule has 7 heteroatoms. The number of alkyl halides is 3. The number of anilines is 1. The lowest BCUT2D eigenvalue weighted by Gasteiger charge is -2.16. The van der Waals surface area contributed by atoms with Crippen LogP contribution in [0.3, 0.4) is 0 Å². The van der Waals surface area contributed by atoms with Gasteiger partial charge in [-0.3, -0.25) is 0 Å². The normalized spacial score (nSPS) is 13.6. The molecule has 0 saturated carbocycles. The number of nitrogens with zero attached hydrogens (tertiary/aromatic N) is 1. The molecule has 0 saturated heterocycles. The lowest BCUT2D eigenvalue weighted by atomic mass is 10.0. The van der Waals surface area contributed by atoms with Crippen molar-refractivity contribution in [2.24, 2.45) is 0 Å². The Bertz CT molecular complexity index is 553. The molecule has 0 amide bonds. The summed E-state index contributed by atoms with van der Waals surface area (Å²) < 4.78 is 38.3. The molecule has 0 aliphatic carbocycles. The molecule has 1 heterocycles. The van der Waals surface area contributed by atoms with Crippen LogP contribution in [0.25, 0.3) is 0 Å². The Labute approximate surface area is 105 Å². The Balaban J connectivity index is 2.45. The predicted molar refractivity (Wildman–Crippen MR) is 62.0 cm³/mol. The first-order valence-electron chi connectivity index (χ1n) is 4.95. The van der Waals surface area contributed by atoms with Gasteiger partial charge < -0.3 is 10.8 Å². The molecule has 2 rings (SSSR count). The highest BCUT2D eigenvalue weighted by Crippen LogP contribution is 2.37. The number of hydrogen-bond donors (Lipinski definition) is 2. The molecular weight excluding hydrogens is 265 g/mol. The van der Waals surface area contributed by atoms with Crippen LogP contribution in [-0.2, 0) is 6.18 Å². The number of hydrogen-bond acceptors (Lipinski definition) is 4. The summed E-state index contributed by atoms with van der Waals surface area (Å²) in [5, 5.41) is 10.2.